The normalized spacial score (nSPS) is 17.5. The van der Waals surface area contributed by atoms with Crippen LogP contribution in [0.2, 0.25) is 10.0 Å². The van der Waals surface area contributed by atoms with Gasteiger partial charge >= 0.3 is 17.7 Å². The SMILES string of the molecule is O=C(CCCOc1ccc(Cl)cc1Cl)OC1(C(F)(F)F)C(=O)Nc2c1ccc1ccccc21. The van der Waals surface area contributed by atoms with Crippen LogP contribution in [0.3, 0.4) is 0 Å². The molecule has 0 aliphatic carbocycles. The summed E-state index contributed by atoms with van der Waals surface area (Å²) in [6.45, 7) is -0.0110. The largest absolute Gasteiger partial charge is 0.492 e. The number of rotatable bonds is 6. The molecule has 1 amide bonds. The Kier molecular flexibility index (Phi) is 6.16. The minimum atomic E-state index is -5.17. The smallest absolute Gasteiger partial charge is 0.442 e. The maximum absolute atomic E-state index is 14.2. The van der Waals surface area contributed by atoms with Gasteiger partial charge in [0, 0.05) is 22.4 Å². The first-order valence-corrected chi connectivity index (χ1v) is 10.6. The van der Waals surface area contributed by atoms with Gasteiger partial charge in [0.1, 0.15) is 5.75 Å². The number of carbonyl (C=O) groups is 2. The summed E-state index contributed by atoms with van der Waals surface area (Å²) in [7, 11) is 0. The van der Waals surface area contributed by atoms with Crippen LogP contribution in [0.4, 0.5) is 18.9 Å². The quantitative estimate of drug-likeness (QED) is 0.322. The molecule has 1 atom stereocenters. The molecule has 1 aliphatic heterocycles. The van der Waals surface area contributed by atoms with Crippen molar-refractivity contribution in [3.05, 3.63) is 70.2 Å². The average molecular weight is 498 g/mol. The molecule has 0 aromatic heterocycles. The van der Waals surface area contributed by atoms with Crippen LogP contribution in [0.25, 0.3) is 10.8 Å². The average Bonchev–Trinajstić information content (AvgIpc) is 3.05. The summed E-state index contributed by atoms with van der Waals surface area (Å²) in [5.41, 5.74) is -3.90. The topological polar surface area (TPSA) is 64.6 Å². The Morgan fingerprint density at radius 3 is 2.55 bits per heavy atom. The third kappa shape index (κ3) is 4.20. The number of nitrogens with one attached hydrogen (secondary N) is 1. The van der Waals surface area contributed by atoms with Crippen molar-refractivity contribution in [3.8, 4) is 5.75 Å². The van der Waals surface area contributed by atoms with Crippen LogP contribution in [0, 0.1) is 0 Å². The highest BCUT2D eigenvalue weighted by atomic mass is 35.5. The number of hydrogen-bond donors (Lipinski definition) is 1. The summed E-state index contributed by atoms with van der Waals surface area (Å²) in [5.74, 6) is -2.33. The van der Waals surface area contributed by atoms with Gasteiger partial charge in [-0.15, -0.1) is 0 Å². The Labute approximate surface area is 196 Å². The number of hydrogen-bond acceptors (Lipinski definition) is 4. The summed E-state index contributed by atoms with van der Waals surface area (Å²) in [6.07, 6.45) is -5.54. The Balaban J connectivity index is 1.52. The highest BCUT2D eigenvalue weighted by molar-refractivity contribution is 6.35. The van der Waals surface area contributed by atoms with Gasteiger partial charge in [-0.1, -0.05) is 59.6 Å². The lowest BCUT2D eigenvalue weighted by Gasteiger charge is -2.29. The second kappa shape index (κ2) is 8.76. The fourth-order valence-electron chi connectivity index (χ4n) is 3.68. The maximum atomic E-state index is 14.2. The third-order valence-corrected chi connectivity index (χ3v) is 5.74. The van der Waals surface area contributed by atoms with E-state index in [1.54, 1.807) is 30.3 Å². The van der Waals surface area contributed by atoms with Crippen LogP contribution in [-0.2, 0) is 19.9 Å². The Hall–Kier alpha value is -2.97. The predicted octanol–water partition coefficient (Wildman–Crippen LogP) is 6.26. The molecule has 0 saturated carbocycles. The molecule has 1 heterocycles. The minimum absolute atomic E-state index is 0.0110. The molecule has 1 N–H and O–H groups in total. The van der Waals surface area contributed by atoms with Gasteiger partial charge in [0.2, 0.25) is 0 Å². The number of anilines is 1. The Morgan fingerprint density at radius 2 is 1.82 bits per heavy atom. The lowest BCUT2D eigenvalue weighted by atomic mass is 9.92. The van der Waals surface area contributed by atoms with Crippen LogP contribution in [-0.4, -0.2) is 24.7 Å². The molecule has 5 nitrogen and oxygen atoms in total. The molecule has 1 aliphatic rings. The Morgan fingerprint density at radius 1 is 1.06 bits per heavy atom. The molecular formula is C23H16Cl2F3NO4. The molecule has 3 aromatic carbocycles. The van der Waals surface area contributed by atoms with E-state index in [0.29, 0.717) is 21.5 Å². The molecule has 0 bridgehead atoms. The van der Waals surface area contributed by atoms with Crippen molar-refractivity contribution in [2.24, 2.45) is 0 Å². The molecule has 33 heavy (non-hydrogen) atoms. The van der Waals surface area contributed by atoms with Gasteiger partial charge in [0.15, 0.2) is 0 Å². The van der Waals surface area contributed by atoms with E-state index in [-0.39, 0.29) is 23.7 Å². The number of fused-ring (bicyclic) bond motifs is 3. The molecule has 0 saturated heterocycles. The lowest BCUT2D eigenvalue weighted by molar-refractivity contribution is -0.263. The van der Waals surface area contributed by atoms with Crippen LogP contribution >= 0.6 is 23.2 Å². The fraction of sp³-hybridized carbons (Fsp3) is 0.217. The van der Waals surface area contributed by atoms with Gasteiger partial charge in [-0.05, 0) is 30.0 Å². The first kappa shape index (κ1) is 23.2. The summed E-state index contributed by atoms with van der Waals surface area (Å²) in [4.78, 5) is 25.0. The second-order valence-electron chi connectivity index (χ2n) is 7.34. The van der Waals surface area contributed by atoms with Crippen molar-refractivity contribution in [1.29, 1.82) is 0 Å². The first-order chi connectivity index (χ1) is 15.6. The molecule has 1 unspecified atom stereocenters. The summed E-state index contributed by atoms with van der Waals surface area (Å²) in [6, 6.07) is 13.8. The minimum Gasteiger partial charge on any atom is -0.492 e. The first-order valence-electron chi connectivity index (χ1n) is 9.83. The van der Waals surface area contributed by atoms with Crippen molar-refractivity contribution in [2.45, 2.75) is 24.6 Å². The van der Waals surface area contributed by atoms with Gasteiger partial charge in [-0.2, -0.15) is 13.2 Å². The molecule has 10 heteroatoms. The summed E-state index contributed by atoms with van der Waals surface area (Å²) < 4.78 is 52.9. The predicted molar refractivity (Wildman–Crippen MR) is 118 cm³/mol. The van der Waals surface area contributed by atoms with E-state index in [2.05, 4.69) is 5.32 Å². The maximum Gasteiger partial charge on any atom is 0.442 e. The van der Waals surface area contributed by atoms with Crippen LogP contribution in [0.1, 0.15) is 18.4 Å². The lowest BCUT2D eigenvalue weighted by Crippen LogP contribution is -2.51. The highest BCUT2D eigenvalue weighted by Crippen LogP contribution is 2.51. The van der Waals surface area contributed by atoms with Gasteiger partial charge in [-0.3, -0.25) is 9.59 Å². The van der Waals surface area contributed by atoms with Crippen LogP contribution < -0.4 is 10.1 Å². The second-order valence-corrected chi connectivity index (χ2v) is 8.19. The third-order valence-electron chi connectivity index (χ3n) is 5.21. The van der Waals surface area contributed by atoms with E-state index >= 15 is 0 Å². The monoisotopic (exact) mass is 497 g/mol. The number of amides is 1. The van der Waals surface area contributed by atoms with E-state index in [9.17, 15) is 22.8 Å². The Bertz CT molecular complexity index is 1250. The number of benzene rings is 3. The molecule has 0 fully saturated rings. The van der Waals surface area contributed by atoms with Crippen molar-refractivity contribution in [2.75, 3.05) is 11.9 Å². The standard InChI is InChI=1S/C23H16Cl2F3NO4/c24-14-8-10-18(17(25)12-14)32-11-3-6-19(30)33-22(23(26,27)28)16-9-7-13-4-1-2-5-15(13)20(16)29-21(22)31/h1-2,4-5,7-10,12H,3,6,11H2,(H,29,31). The summed E-state index contributed by atoms with van der Waals surface area (Å²) in [5, 5.41) is 3.98. The molecule has 0 spiro atoms. The van der Waals surface area contributed by atoms with Crippen LogP contribution in [0.15, 0.2) is 54.6 Å². The van der Waals surface area contributed by atoms with E-state index in [1.165, 1.54) is 18.2 Å². The van der Waals surface area contributed by atoms with Gasteiger partial charge in [0.25, 0.3) is 5.91 Å². The van der Waals surface area contributed by atoms with E-state index in [1.807, 2.05) is 0 Å². The van der Waals surface area contributed by atoms with Crippen molar-refractivity contribution >= 4 is 51.5 Å². The van der Waals surface area contributed by atoms with Crippen molar-refractivity contribution in [1.82, 2.24) is 0 Å². The zero-order valence-corrected chi connectivity index (χ0v) is 18.4. The van der Waals surface area contributed by atoms with E-state index in [4.69, 9.17) is 32.7 Å². The highest BCUT2D eigenvalue weighted by Gasteiger charge is 2.69. The van der Waals surface area contributed by atoms with Crippen LogP contribution in [0.5, 0.6) is 5.75 Å². The fourth-order valence-corrected chi connectivity index (χ4v) is 4.14. The van der Waals surface area contributed by atoms with Gasteiger partial charge in [-0.25, -0.2) is 0 Å². The number of ether oxygens (including phenoxy) is 2. The molecule has 0 radical (unpaired) electrons. The van der Waals surface area contributed by atoms with Gasteiger partial charge < -0.3 is 14.8 Å². The van der Waals surface area contributed by atoms with E-state index in [0.717, 1.165) is 6.07 Å². The van der Waals surface area contributed by atoms with Crippen molar-refractivity contribution in [3.63, 3.8) is 0 Å². The number of halogens is 5. The van der Waals surface area contributed by atoms with Crippen molar-refractivity contribution < 1.29 is 32.2 Å². The number of esters is 1. The molecule has 172 valence electrons. The zero-order valence-electron chi connectivity index (χ0n) is 16.8. The van der Waals surface area contributed by atoms with Gasteiger partial charge in [0.05, 0.1) is 17.3 Å². The summed E-state index contributed by atoms with van der Waals surface area (Å²) >= 11 is 11.8. The van der Waals surface area contributed by atoms with E-state index < -0.39 is 35.6 Å². The number of alkyl halides is 3. The molecular weight excluding hydrogens is 482 g/mol. The molecule has 4 rings (SSSR count). The molecule has 3 aromatic rings. The number of carbonyl (C=O) groups excluding carboxylic acids is 2. The zero-order chi connectivity index (χ0) is 23.8.